The van der Waals surface area contributed by atoms with E-state index in [1.54, 1.807) is 13.1 Å². The highest BCUT2D eigenvalue weighted by molar-refractivity contribution is 5.94. The van der Waals surface area contributed by atoms with Crippen molar-refractivity contribution in [2.45, 2.75) is 19.9 Å². The molecule has 0 radical (unpaired) electrons. The molecule has 0 unspecified atom stereocenters. The van der Waals surface area contributed by atoms with Crippen LogP contribution in [0.25, 0.3) is 0 Å². The second-order valence-electron chi connectivity index (χ2n) is 3.35. The van der Waals surface area contributed by atoms with E-state index in [1.807, 2.05) is 13.8 Å². The van der Waals surface area contributed by atoms with Crippen LogP contribution in [0.1, 0.15) is 24.2 Å². The number of carbonyl (C=O) groups is 1. The van der Waals surface area contributed by atoms with Crippen LogP contribution in [-0.2, 0) is 0 Å². The van der Waals surface area contributed by atoms with Gasteiger partial charge in [0.2, 0.25) is 5.95 Å². The van der Waals surface area contributed by atoms with E-state index in [0.29, 0.717) is 0 Å². The van der Waals surface area contributed by atoms with E-state index in [9.17, 15) is 9.18 Å². The van der Waals surface area contributed by atoms with Gasteiger partial charge in [0.05, 0.1) is 5.56 Å². The number of hydrogen-bond acceptors (Lipinski definition) is 2. The van der Waals surface area contributed by atoms with Crippen molar-refractivity contribution in [3.8, 4) is 0 Å². The zero-order valence-corrected chi connectivity index (χ0v) is 8.49. The first-order valence-electron chi connectivity index (χ1n) is 4.41. The van der Waals surface area contributed by atoms with Gasteiger partial charge in [-0.05, 0) is 26.0 Å². The molecule has 0 aromatic carbocycles. The summed E-state index contributed by atoms with van der Waals surface area (Å²) in [6, 6.07) is 3.02. The Morgan fingerprint density at radius 1 is 1.57 bits per heavy atom. The summed E-state index contributed by atoms with van der Waals surface area (Å²) in [7, 11) is 1.64. The van der Waals surface area contributed by atoms with Gasteiger partial charge in [-0.15, -0.1) is 0 Å². The number of amides is 1. The third-order valence-electron chi connectivity index (χ3n) is 2.08. The Labute approximate surface area is 82.6 Å². The molecule has 1 aromatic heterocycles. The number of halogens is 1. The highest BCUT2D eigenvalue weighted by Gasteiger charge is 2.17. The van der Waals surface area contributed by atoms with E-state index in [-0.39, 0.29) is 17.5 Å². The number of hydrogen-bond donors (Lipinski definition) is 0. The standard InChI is InChI=1S/C10H13FN2O/c1-7(2)13(3)10(14)8-5-4-6-12-9(8)11/h4-7H,1-3H3. The molecule has 0 bridgehead atoms. The Kier molecular flexibility index (Phi) is 3.17. The molecule has 0 atom stereocenters. The molecular formula is C10H13FN2O. The van der Waals surface area contributed by atoms with Crippen molar-refractivity contribution >= 4 is 5.91 Å². The molecule has 0 fully saturated rings. The summed E-state index contributed by atoms with van der Waals surface area (Å²) in [5.74, 6) is -1.06. The molecule has 1 aromatic rings. The minimum atomic E-state index is -0.718. The Balaban J connectivity index is 2.95. The second-order valence-corrected chi connectivity index (χ2v) is 3.35. The van der Waals surface area contributed by atoms with Crippen LogP contribution in [0.5, 0.6) is 0 Å². The molecule has 0 aliphatic heterocycles. The molecule has 0 aliphatic rings. The number of aromatic nitrogens is 1. The first-order valence-corrected chi connectivity index (χ1v) is 4.41. The van der Waals surface area contributed by atoms with Crippen molar-refractivity contribution in [1.82, 2.24) is 9.88 Å². The fourth-order valence-electron chi connectivity index (χ4n) is 0.970. The van der Waals surface area contributed by atoms with Gasteiger partial charge in [0.25, 0.3) is 5.91 Å². The SMILES string of the molecule is CC(C)N(C)C(=O)c1cccnc1F. The predicted octanol–water partition coefficient (Wildman–Crippen LogP) is 1.70. The number of carbonyl (C=O) groups excluding carboxylic acids is 1. The van der Waals surface area contributed by atoms with Gasteiger partial charge in [-0.25, -0.2) is 4.98 Å². The van der Waals surface area contributed by atoms with Crippen molar-refractivity contribution in [2.75, 3.05) is 7.05 Å². The van der Waals surface area contributed by atoms with E-state index >= 15 is 0 Å². The van der Waals surface area contributed by atoms with Crippen molar-refractivity contribution in [3.05, 3.63) is 29.8 Å². The van der Waals surface area contributed by atoms with Gasteiger partial charge in [0.1, 0.15) is 0 Å². The lowest BCUT2D eigenvalue weighted by molar-refractivity contribution is 0.0749. The molecule has 14 heavy (non-hydrogen) atoms. The summed E-state index contributed by atoms with van der Waals surface area (Å²) in [6.07, 6.45) is 1.32. The summed E-state index contributed by atoms with van der Waals surface area (Å²) in [6.45, 7) is 3.73. The fraction of sp³-hybridized carbons (Fsp3) is 0.400. The molecule has 1 rings (SSSR count). The van der Waals surface area contributed by atoms with Crippen LogP contribution in [0.4, 0.5) is 4.39 Å². The lowest BCUT2D eigenvalue weighted by Crippen LogP contribution is -2.33. The largest absolute Gasteiger partial charge is 0.339 e. The van der Waals surface area contributed by atoms with Crippen molar-refractivity contribution in [3.63, 3.8) is 0 Å². The van der Waals surface area contributed by atoms with Crippen LogP contribution >= 0.6 is 0 Å². The maximum atomic E-state index is 13.1. The van der Waals surface area contributed by atoms with Gasteiger partial charge in [-0.1, -0.05) is 0 Å². The van der Waals surface area contributed by atoms with Crippen LogP contribution in [0.15, 0.2) is 18.3 Å². The Hall–Kier alpha value is -1.45. The molecule has 0 spiro atoms. The first-order chi connectivity index (χ1) is 6.54. The van der Waals surface area contributed by atoms with Crippen LogP contribution in [0.2, 0.25) is 0 Å². The summed E-state index contributed by atoms with van der Waals surface area (Å²) in [4.78, 5) is 16.6. The topological polar surface area (TPSA) is 33.2 Å². The molecule has 3 nitrogen and oxygen atoms in total. The molecule has 0 N–H and O–H groups in total. The average molecular weight is 196 g/mol. The van der Waals surface area contributed by atoms with Gasteiger partial charge in [0, 0.05) is 19.3 Å². The Bertz CT molecular complexity index is 339. The first kappa shape index (κ1) is 10.6. The van der Waals surface area contributed by atoms with Gasteiger partial charge in [0.15, 0.2) is 0 Å². The van der Waals surface area contributed by atoms with Crippen molar-refractivity contribution in [2.24, 2.45) is 0 Å². The van der Waals surface area contributed by atoms with Gasteiger partial charge >= 0.3 is 0 Å². The minimum Gasteiger partial charge on any atom is -0.339 e. The predicted molar refractivity (Wildman–Crippen MR) is 51.4 cm³/mol. The summed E-state index contributed by atoms with van der Waals surface area (Å²) in [5.41, 5.74) is 0.0173. The van der Waals surface area contributed by atoms with Gasteiger partial charge in [-0.3, -0.25) is 4.79 Å². The van der Waals surface area contributed by atoms with E-state index in [0.717, 1.165) is 0 Å². The van der Waals surface area contributed by atoms with E-state index in [1.165, 1.54) is 17.2 Å². The smallest absolute Gasteiger partial charge is 0.258 e. The van der Waals surface area contributed by atoms with Gasteiger partial charge < -0.3 is 4.90 Å². The molecule has 0 saturated carbocycles. The molecule has 1 heterocycles. The Morgan fingerprint density at radius 2 is 2.21 bits per heavy atom. The summed E-state index contributed by atoms with van der Waals surface area (Å²) in [5, 5.41) is 0. The number of pyridine rings is 1. The third-order valence-corrected chi connectivity index (χ3v) is 2.08. The number of rotatable bonds is 2. The molecule has 1 amide bonds. The van der Waals surface area contributed by atoms with Gasteiger partial charge in [-0.2, -0.15) is 4.39 Å². The minimum absolute atomic E-state index is 0.0173. The van der Waals surface area contributed by atoms with E-state index < -0.39 is 5.95 Å². The summed E-state index contributed by atoms with van der Waals surface area (Å²) < 4.78 is 13.1. The van der Waals surface area contributed by atoms with Crippen LogP contribution in [0.3, 0.4) is 0 Å². The fourth-order valence-corrected chi connectivity index (χ4v) is 0.970. The average Bonchev–Trinajstić information content (AvgIpc) is 2.16. The molecule has 76 valence electrons. The maximum absolute atomic E-state index is 13.1. The van der Waals surface area contributed by atoms with Crippen LogP contribution in [-0.4, -0.2) is 28.9 Å². The second kappa shape index (κ2) is 4.17. The zero-order chi connectivity index (χ0) is 10.7. The lowest BCUT2D eigenvalue weighted by atomic mass is 10.2. The maximum Gasteiger partial charge on any atom is 0.258 e. The van der Waals surface area contributed by atoms with E-state index in [4.69, 9.17) is 0 Å². The highest BCUT2D eigenvalue weighted by atomic mass is 19.1. The van der Waals surface area contributed by atoms with Crippen molar-refractivity contribution in [1.29, 1.82) is 0 Å². The van der Waals surface area contributed by atoms with Crippen molar-refractivity contribution < 1.29 is 9.18 Å². The third kappa shape index (κ3) is 2.07. The quantitative estimate of drug-likeness (QED) is 0.674. The van der Waals surface area contributed by atoms with E-state index in [2.05, 4.69) is 4.98 Å². The molecule has 0 saturated heterocycles. The van der Waals surface area contributed by atoms with Crippen LogP contribution in [0, 0.1) is 5.95 Å². The molecule has 4 heteroatoms. The molecule has 0 aliphatic carbocycles. The normalized spacial score (nSPS) is 10.4. The monoisotopic (exact) mass is 196 g/mol. The highest BCUT2D eigenvalue weighted by Crippen LogP contribution is 2.08. The Morgan fingerprint density at radius 3 is 2.71 bits per heavy atom. The number of nitrogens with zero attached hydrogens (tertiary/aromatic N) is 2. The lowest BCUT2D eigenvalue weighted by Gasteiger charge is -2.21. The van der Waals surface area contributed by atoms with Crippen LogP contribution < -0.4 is 0 Å². The zero-order valence-electron chi connectivity index (χ0n) is 8.49. The molecular weight excluding hydrogens is 183 g/mol. The summed E-state index contributed by atoms with van der Waals surface area (Å²) >= 11 is 0.